The molecule has 0 bridgehead atoms. The minimum atomic E-state index is -1.05. The number of rotatable bonds is 3. The van der Waals surface area contributed by atoms with Crippen molar-refractivity contribution in [3.05, 3.63) is 33.8 Å². The summed E-state index contributed by atoms with van der Waals surface area (Å²) < 4.78 is 6.07. The molecule has 2 atom stereocenters. The summed E-state index contributed by atoms with van der Waals surface area (Å²) in [4.78, 5) is 23.5. The highest BCUT2D eigenvalue weighted by Crippen LogP contribution is 2.37. The van der Waals surface area contributed by atoms with Crippen molar-refractivity contribution in [2.45, 2.75) is 51.2 Å². The third-order valence-corrected chi connectivity index (χ3v) is 4.07. The van der Waals surface area contributed by atoms with Crippen LogP contribution in [0.2, 0.25) is 0 Å². The van der Waals surface area contributed by atoms with E-state index in [-0.39, 0.29) is 5.92 Å². The van der Waals surface area contributed by atoms with Crippen LogP contribution in [0.1, 0.15) is 44.2 Å². The van der Waals surface area contributed by atoms with Crippen molar-refractivity contribution in [3.8, 4) is 0 Å². The maximum absolute atomic E-state index is 11.9. The number of carboxylic acid groups (broad SMARTS) is 1. The SMILES string of the molecule is CC(C)(C)OC(=O)NC(C(=O)O)[C@H]1CCc2ccc(Br)cc21. The van der Waals surface area contributed by atoms with Gasteiger partial charge in [-0.25, -0.2) is 9.59 Å². The first-order chi connectivity index (χ1) is 10.2. The summed E-state index contributed by atoms with van der Waals surface area (Å²) in [5.41, 5.74) is 1.44. The summed E-state index contributed by atoms with van der Waals surface area (Å²) in [5, 5.41) is 12.0. The quantitative estimate of drug-likeness (QED) is 0.855. The van der Waals surface area contributed by atoms with E-state index in [4.69, 9.17) is 4.74 Å². The Hall–Kier alpha value is -1.56. The van der Waals surface area contributed by atoms with Crippen molar-refractivity contribution >= 4 is 28.0 Å². The minimum absolute atomic E-state index is 0.252. The predicted octanol–water partition coefficient (Wildman–Crippen LogP) is 3.46. The number of halogens is 1. The molecule has 1 aromatic carbocycles. The van der Waals surface area contributed by atoms with E-state index in [0.29, 0.717) is 6.42 Å². The van der Waals surface area contributed by atoms with Crippen LogP contribution in [0.5, 0.6) is 0 Å². The Kier molecular flexibility index (Phi) is 4.80. The Morgan fingerprint density at radius 3 is 2.68 bits per heavy atom. The summed E-state index contributed by atoms with van der Waals surface area (Å²) in [6.45, 7) is 5.22. The highest BCUT2D eigenvalue weighted by Gasteiger charge is 2.36. The number of hydrogen-bond donors (Lipinski definition) is 2. The molecule has 120 valence electrons. The summed E-state index contributed by atoms with van der Waals surface area (Å²) in [5.74, 6) is -1.30. The van der Waals surface area contributed by atoms with E-state index in [1.54, 1.807) is 20.8 Å². The number of carbonyl (C=O) groups excluding carboxylic acids is 1. The number of aliphatic carboxylic acids is 1. The number of amides is 1. The fourth-order valence-corrected chi connectivity index (χ4v) is 3.10. The van der Waals surface area contributed by atoms with Gasteiger partial charge in [-0.3, -0.25) is 0 Å². The van der Waals surface area contributed by atoms with E-state index in [1.165, 1.54) is 0 Å². The van der Waals surface area contributed by atoms with Gasteiger partial charge in [0.05, 0.1) is 0 Å². The molecule has 0 heterocycles. The molecule has 6 heteroatoms. The monoisotopic (exact) mass is 369 g/mol. The zero-order valence-corrected chi connectivity index (χ0v) is 14.4. The van der Waals surface area contributed by atoms with Gasteiger partial charge in [0, 0.05) is 10.4 Å². The Morgan fingerprint density at radius 1 is 1.41 bits per heavy atom. The topological polar surface area (TPSA) is 75.6 Å². The third-order valence-electron chi connectivity index (χ3n) is 3.57. The lowest BCUT2D eigenvalue weighted by Gasteiger charge is -2.25. The number of ether oxygens (including phenoxy) is 1. The Bertz CT molecular complexity index is 594. The molecule has 0 aliphatic heterocycles. The summed E-state index contributed by atoms with van der Waals surface area (Å²) in [7, 11) is 0. The van der Waals surface area contributed by atoms with Crippen LogP contribution >= 0.6 is 15.9 Å². The number of benzene rings is 1. The van der Waals surface area contributed by atoms with Gasteiger partial charge in [0.25, 0.3) is 0 Å². The number of aryl methyl sites for hydroxylation is 1. The lowest BCUT2D eigenvalue weighted by Crippen LogP contribution is -2.46. The van der Waals surface area contributed by atoms with Gasteiger partial charge in [-0.2, -0.15) is 0 Å². The van der Waals surface area contributed by atoms with Crippen molar-refractivity contribution in [1.29, 1.82) is 0 Å². The van der Waals surface area contributed by atoms with E-state index in [9.17, 15) is 14.7 Å². The number of carboxylic acids is 1. The zero-order valence-electron chi connectivity index (χ0n) is 12.9. The first-order valence-electron chi connectivity index (χ1n) is 7.18. The van der Waals surface area contributed by atoms with Gasteiger partial charge in [-0.05, 0) is 56.9 Å². The molecule has 1 aromatic rings. The van der Waals surface area contributed by atoms with Crippen molar-refractivity contribution in [1.82, 2.24) is 5.32 Å². The first kappa shape index (κ1) is 16.8. The normalized spacial score (nSPS) is 18.5. The summed E-state index contributed by atoms with van der Waals surface area (Å²) in [6, 6.07) is 4.87. The van der Waals surface area contributed by atoms with Gasteiger partial charge >= 0.3 is 12.1 Å². The smallest absolute Gasteiger partial charge is 0.408 e. The van der Waals surface area contributed by atoms with E-state index in [2.05, 4.69) is 21.2 Å². The molecule has 2 rings (SSSR count). The highest BCUT2D eigenvalue weighted by molar-refractivity contribution is 9.10. The average Bonchev–Trinajstić information content (AvgIpc) is 2.76. The molecule has 0 fully saturated rings. The first-order valence-corrected chi connectivity index (χ1v) is 7.97. The molecule has 5 nitrogen and oxygen atoms in total. The van der Waals surface area contributed by atoms with Gasteiger partial charge in [-0.15, -0.1) is 0 Å². The lowest BCUT2D eigenvalue weighted by atomic mass is 9.93. The Balaban J connectivity index is 2.19. The molecular weight excluding hydrogens is 350 g/mol. The molecule has 22 heavy (non-hydrogen) atoms. The van der Waals surface area contributed by atoms with Gasteiger partial charge < -0.3 is 15.2 Å². The number of carbonyl (C=O) groups is 2. The molecule has 0 aromatic heterocycles. The van der Waals surface area contributed by atoms with Crippen LogP contribution in [0.4, 0.5) is 4.79 Å². The van der Waals surface area contributed by atoms with Crippen LogP contribution in [-0.4, -0.2) is 28.8 Å². The van der Waals surface area contributed by atoms with Crippen molar-refractivity contribution in [2.24, 2.45) is 0 Å². The molecule has 1 aliphatic rings. The van der Waals surface area contributed by atoms with Crippen LogP contribution in [0.3, 0.4) is 0 Å². The second kappa shape index (κ2) is 6.28. The summed E-state index contributed by atoms with van der Waals surface area (Å²) >= 11 is 3.41. The van der Waals surface area contributed by atoms with Crippen LogP contribution < -0.4 is 5.32 Å². The molecule has 1 aliphatic carbocycles. The number of fused-ring (bicyclic) bond motifs is 1. The van der Waals surface area contributed by atoms with Crippen LogP contribution in [-0.2, 0) is 16.0 Å². The van der Waals surface area contributed by atoms with Crippen LogP contribution in [0, 0.1) is 0 Å². The van der Waals surface area contributed by atoms with E-state index < -0.39 is 23.7 Å². The Morgan fingerprint density at radius 2 is 2.09 bits per heavy atom. The van der Waals surface area contributed by atoms with Crippen molar-refractivity contribution in [3.63, 3.8) is 0 Å². The van der Waals surface area contributed by atoms with Gasteiger partial charge in [0.1, 0.15) is 11.6 Å². The second-order valence-corrected chi connectivity index (χ2v) is 7.37. The molecule has 1 amide bonds. The molecule has 0 saturated carbocycles. The van der Waals surface area contributed by atoms with Crippen molar-refractivity contribution < 1.29 is 19.4 Å². The average molecular weight is 370 g/mol. The van der Waals surface area contributed by atoms with E-state index in [1.807, 2.05) is 18.2 Å². The largest absolute Gasteiger partial charge is 0.480 e. The van der Waals surface area contributed by atoms with Crippen LogP contribution in [0.15, 0.2) is 22.7 Å². The van der Waals surface area contributed by atoms with Gasteiger partial charge in [0.15, 0.2) is 0 Å². The van der Waals surface area contributed by atoms with Gasteiger partial charge in [-0.1, -0.05) is 22.0 Å². The fraction of sp³-hybridized carbons (Fsp3) is 0.500. The third kappa shape index (κ3) is 4.00. The van der Waals surface area contributed by atoms with Crippen molar-refractivity contribution in [2.75, 3.05) is 0 Å². The fourth-order valence-electron chi connectivity index (χ4n) is 2.72. The standard InChI is InChI=1S/C16H20BrNO4/c1-16(2,3)22-15(21)18-13(14(19)20)11-7-5-9-4-6-10(17)8-12(9)11/h4,6,8,11,13H,5,7H2,1-3H3,(H,18,21)(H,19,20)/t11-,13?/m0/s1. The molecular formula is C16H20BrNO4. The van der Waals surface area contributed by atoms with E-state index >= 15 is 0 Å². The highest BCUT2D eigenvalue weighted by atomic mass is 79.9. The molecule has 0 saturated heterocycles. The molecule has 0 radical (unpaired) electrons. The predicted molar refractivity (Wildman–Crippen MR) is 86.0 cm³/mol. The molecule has 1 unspecified atom stereocenters. The zero-order chi connectivity index (χ0) is 16.5. The molecule has 0 spiro atoms. The maximum atomic E-state index is 11.9. The van der Waals surface area contributed by atoms with Gasteiger partial charge in [0.2, 0.25) is 0 Å². The lowest BCUT2D eigenvalue weighted by molar-refractivity contribution is -0.140. The number of alkyl carbamates (subject to hydrolysis) is 1. The second-order valence-electron chi connectivity index (χ2n) is 6.45. The van der Waals surface area contributed by atoms with E-state index in [0.717, 1.165) is 22.0 Å². The summed E-state index contributed by atoms with van der Waals surface area (Å²) in [6.07, 6.45) is 0.800. The minimum Gasteiger partial charge on any atom is -0.480 e. The van der Waals surface area contributed by atoms with Crippen LogP contribution in [0.25, 0.3) is 0 Å². The maximum Gasteiger partial charge on any atom is 0.408 e. The molecule has 2 N–H and O–H groups in total. The number of hydrogen-bond acceptors (Lipinski definition) is 3. The Labute approximate surface area is 138 Å². The number of nitrogens with one attached hydrogen (secondary N) is 1.